The molecule has 1 N–H and O–H groups in total. The summed E-state index contributed by atoms with van der Waals surface area (Å²) >= 11 is 0. The second-order valence-electron chi connectivity index (χ2n) is 6.00. The average molecular weight is 396 g/mol. The van der Waals surface area contributed by atoms with Crippen LogP contribution in [0.3, 0.4) is 0 Å². The highest BCUT2D eigenvalue weighted by Gasteiger charge is 2.47. The molecule has 1 fully saturated rings. The van der Waals surface area contributed by atoms with Gasteiger partial charge in [0.2, 0.25) is 0 Å². The number of nitrogens with one attached hydrogen (secondary N) is 1. The first-order chi connectivity index (χ1) is 13.2. The molecule has 1 aromatic carbocycles. The Labute approximate surface area is 160 Å². The Bertz CT molecular complexity index is 749. The van der Waals surface area contributed by atoms with Gasteiger partial charge in [-0.3, -0.25) is 24.5 Å². The molecule has 0 aliphatic carbocycles. The Hall–Kier alpha value is -3.21. The third-order valence-electron chi connectivity index (χ3n) is 3.74. The van der Waals surface area contributed by atoms with Crippen molar-refractivity contribution < 1.29 is 38.3 Å². The van der Waals surface area contributed by atoms with Gasteiger partial charge < -0.3 is 24.3 Å². The molecule has 0 radical (unpaired) electrons. The number of carbonyl (C=O) groups is 3. The van der Waals surface area contributed by atoms with Crippen LogP contribution in [0.4, 0.5) is 11.4 Å². The van der Waals surface area contributed by atoms with Gasteiger partial charge in [0.1, 0.15) is 0 Å². The van der Waals surface area contributed by atoms with E-state index in [0.717, 1.165) is 0 Å². The molecular formula is C17H20N2O9. The normalized spacial score (nSPS) is 24.0. The van der Waals surface area contributed by atoms with Crippen LogP contribution in [0.1, 0.15) is 20.8 Å². The van der Waals surface area contributed by atoms with Gasteiger partial charge in [0.05, 0.1) is 11.5 Å². The van der Waals surface area contributed by atoms with Gasteiger partial charge in [0.25, 0.3) is 5.69 Å². The van der Waals surface area contributed by atoms with E-state index in [0.29, 0.717) is 5.69 Å². The number of rotatable bonds is 6. The van der Waals surface area contributed by atoms with E-state index in [-0.39, 0.29) is 12.3 Å². The fourth-order valence-electron chi connectivity index (χ4n) is 2.71. The zero-order valence-electron chi connectivity index (χ0n) is 15.4. The van der Waals surface area contributed by atoms with Crippen LogP contribution in [-0.4, -0.2) is 54.0 Å². The molecule has 0 saturated carbocycles. The standard InChI is InChI=1S/C17H20N2O9/c1-9(20)26-14-8-25-17(16(28-11(3)22)15(14)27-10(2)21)18-12-4-6-13(7-5-12)19(23)24/h4-7,14-18H,8H2,1-3H3/t14-,15+,16+,17+/m0/s1. The van der Waals surface area contributed by atoms with Crippen molar-refractivity contribution in [2.75, 3.05) is 11.9 Å². The van der Waals surface area contributed by atoms with Crippen molar-refractivity contribution >= 4 is 29.3 Å². The zero-order chi connectivity index (χ0) is 20.8. The molecule has 0 amide bonds. The molecule has 0 aromatic heterocycles. The Kier molecular flexibility index (Phi) is 6.88. The summed E-state index contributed by atoms with van der Waals surface area (Å²) in [5, 5.41) is 13.7. The molecule has 1 aliphatic heterocycles. The van der Waals surface area contributed by atoms with Crippen LogP contribution >= 0.6 is 0 Å². The highest BCUT2D eigenvalue weighted by atomic mass is 16.6. The molecule has 2 rings (SSSR count). The third kappa shape index (κ3) is 5.64. The molecule has 11 nitrogen and oxygen atoms in total. The maximum atomic E-state index is 11.6. The Morgan fingerprint density at radius 1 is 1.00 bits per heavy atom. The van der Waals surface area contributed by atoms with Crippen LogP contribution < -0.4 is 5.32 Å². The Morgan fingerprint density at radius 3 is 2.04 bits per heavy atom. The highest BCUT2D eigenvalue weighted by molar-refractivity contribution is 5.68. The molecule has 28 heavy (non-hydrogen) atoms. The smallest absolute Gasteiger partial charge is 0.303 e. The first-order valence-corrected chi connectivity index (χ1v) is 8.31. The lowest BCUT2D eigenvalue weighted by Gasteiger charge is -2.40. The van der Waals surface area contributed by atoms with Crippen molar-refractivity contribution in [2.45, 2.75) is 45.3 Å². The molecule has 0 bridgehead atoms. The number of nitrogens with zero attached hydrogens (tertiary/aromatic N) is 1. The van der Waals surface area contributed by atoms with Gasteiger partial charge in [-0.15, -0.1) is 0 Å². The van der Waals surface area contributed by atoms with Crippen molar-refractivity contribution in [2.24, 2.45) is 0 Å². The summed E-state index contributed by atoms with van der Waals surface area (Å²) in [6.45, 7) is 3.40. The molecule has 1 saturated heterocycles. The lowest BCUT2D eigenvalue weighted by molar-refractivity contribution is -0.384. The van der Waals surface area contributed by atoms with E-state index in [1.807, 2.05) is 0 Å². The summed E-state index contributed by atoms with van der Waals surface area (Å²) in [7, 11) is 0. The predicted octanol–water partition coefficient (Wildman–Crippen LogP) is 1.16. The first kappa shape index (κ1) is 21.1. The third-order valence-corrected chi connectivity index (χ3v) is 3.74. The number of nitro benzene ring substituents is 1. The Balaban J connectivity index is 2.25. The molecule has 11 heteroatoms. The summed E-state index contributed by atoms with van der Waals surface area (Å²) in [5.74, 6) is -1.94. The van der Waals surface area contributed by atoms with Crippen LogP contribution in [0.25, 0.3) is 0 Å². The van der Waals surface area contributed by atoms with E-state index in [1.54, 1.807) is 0 Å². The highest BCUT2D eigenvalue weighted by Crippen LogP contribution is 2.26. The largest absolute Gasteiger partial charge is 0.456 e. The van der Waals surface area contributed by atoms with Crippen molar-refractivity contribution in [3.8, 4) is 0 Å². The van der Waals surface area contributed by atoms with Gasteiger partial charge in [-0.25, -0.2) is 0 Å². The van der Waals surface area contributed by atoms with Crippen molar-refractivity contribution in [1.29, 1.82) is 0 Å². The lowest BCUT2D eigenvalue weighted by Crippen LogP contribution is -2.59. The van der Waals surface area contributed by atoms with Gasteiger partial charge in [-0.1, -0.05) is 0 Å². The van der Waals surface area contributed by atoms with Gasteiger partial charge in [0, 0.05) is 38.6 Å². The van der Waals surface area contributed by atoms with Crippen molar-refractivity contribution in [1.82, 2.24) is 0 Å². The number of ether oxygens (including phenoxy) is 4. The van der Waals surface area contributed by atoms with Gasteiger partial charge in [0.15, 0.2) is 24.5 Å². The molecule has 152 valence electrons. The molecule has 4 atom stereocenters. The van der Waals surface area contributed by atoms with E-state index in [9.17, 15) is 24.5 Å². The topological polar surface area (TPSA) is 143 Å². The van der Waals surface area contributed by atoms with E-state index < -0.39 is 47.4 Å². The van der Waals surface area contributed by atoms with E-state index in [2.05, 4.69) is 5.32 Å². The number of nitro groups is 1. The second-order valence-corrected chi connectivity index (χ2v) is 6.00. The number of non-ortho nitro benzene ring substituents is 1. The van der Waals surface area contributed by atoms with Crippen molar-refractivity contribution in [3.63, 3.8) is 0 Å². The summed E-state index contributed by atoms with van der Waals surface area (Å²) in [6, 6.07) is 5.48. The number of hydrogen-bond acceptors (Lipinski definition) is 10. The minimum atomic E-state index is -1.13. The molecule has 0 unspecified atom stereocenters. The number of carbonyl (C=O) groups excluding carboxylic acids is 3. The van der Waals surface area contributed by atoms with Gasteiger partial charge >= 0.3 is 17.9 Å². The monoisotopic (exact) mass is 396 g/mol. The first-order valence-electron chi connectivity index (χ1n) is 8.31. The minimum Gasteiger partial charge on any atom is -0.456 e. The molecule has 1 aromatic rings. The second kappa shape index (κ2) is 9.13. The SMILES string of the molecule is CC(=O)O[C@@H]1[C@H](OC(C)=O)[C@@H](OC(C)=O)CO[C@H]1Nc1ccc([N+](=O)[O-])cc1. The number of hydrogen-bond donors (Lipinski definition) is 1. The van der Waals surface area contributed by atoms with E-state index >= 15 is 0 Å². The number of benzene rings is 1. The summed E-state index contributed by atoms with van der Waals surface area (Å²) in [6.07, 6.45) is -4.16. The fraction of sp³-hybridized carbons (Fsp3) is 0.471. The van der Waals surface area contributed by atoms with E-state index in [1.165, 1.54) is 45.0 Å². The maximum absolute atomic E-state index is 11.6. The van der Waals surface area contributed by atoms with Gasteiger partial charge in [-0.2, -0.15) is 0 Å². The van der Waals surface area contributed by atoms with E-state index in [4.69, 9.17) is 18.9 Å². The number of anilines is 1. The summed E-state index contributed by atoms with van der Waals surface area (Å²) in [5.41, 5.74) is 0.347. The van der Waals surface area contributed by atoms with Gasteiger partial charge in [-0.05, 0) is 12.1 Å². The Morgan fingerprint density at radius 2 is 1.54 bits per heavy atom. The zero-order valence-corrected chi connectivity index (χ0v) is 15.4. The van der Waals surface area contributed by atoms with Crippen LogP contribution in [0.5, 0.6) is 0 Å². The lowest BCUT2D eigenvalue weighted by atomic mass is 10.0. The van der Waals surface area contributed by atoms with Crippen LogP contribution in [-0.2, 0) is 33.3 Å². The van der Waals surface area contributed by atoms with Crippen LogP contribution in [0.15, 0.2) is 24.3 Å². The predicted molar refractivity (Wildman–Crippen MR) is 93.1 cm³/mol. The molecule has 0 spiro atoms. The quantitative estimate of drug-likeness (QED) is 0.322. The maximum Gasteiger partial charge on any atom is 0.303 e. The van der Waals surface area contributed by atoms with Crippen LogP contribution in [0, 0.1) is 10.1 Å². The fourth-order valence-corrected chi connectivity index (χ4v) is 2.71. The molecular weight excluding hydrogens is 376 g/mol. The van der Waals surface area contributed by atoms with Crippen LogP contribution in [0.2, 0.25) is 0 Å². The average Bonchev–Trinajstić information content (AvgIpc) is 2.59. The molecule has 1 aliphatic rings. The summed E-state index contributed by atoms with van der Waals surface area (Å²) < 4.78 is 21.2. The minimum absolute atomic E-state index is 0.0978. The molecule has 1 heterocycles. The van der Waals surface area contributed by atoms with Crippen molar-refractivity contribution in [3.05, 3.63) is 34.4 Å². The number of esters is 3. The summed E-state index contributed by atoms with van der Waals surface area (Å²) in [4.78, 5) is 44.6.